The van der Waals surface area contributed by atoms with E-state index in [0.717, 1.165) is 19.3 Å². The van der Waals surface area contributed by atoms with Gasteiger partial charge in [-0.1, -0.05) is 0 Å². The predicted molar refractivity (Wildman–Crippen MR) is 85.3 cm³/mol. The van der Waals surface area contributed by atoms with E-state index in [9.17, 15) is 9.59 Å². The third-order valence-corrected chi connectivity index (χ3v) is 4.14. The Balaban J connectivity index is 1.67. The highest BCUT2D eigenvalue weighted by atomic mass is 16.5. The normalized spacial score (nSPS) is 17.7. The maximum atomic E-state index is 12.7. The number of nitrogens with zero attached hydrogens (tertiary/aromatic N) is 3. The van der Waals surface area contributed by atoms with Crippen LogP contribution >= 0.6 is 0 Å². The second-order valence-corrected chi connectivity index (χ2v) is 5.95. The summed E-state index contributed by atoms with van der Waals surface area (Å²) < 4.78 is 12.7. The van der Waals surface area contributed by atoms with Crippen molar-refractivity contribution in [3.05, 3.63) is 42.4 Å². The number of piperidine rings is 1. The van der Waals surface area contributed by atoms with Gasteiger partial charge in [-0.25, -0.2) is 4.98 Å². The van der Waals surface area contributed by atoms with Crippen LogP contribution in [0.5, 0.6) is 0 Å². The third-order valence-electron chi connectivity index (χ3n) is 4.14. The van der Waals surface area contributed by atoms with Gasteiger partial charge >= 0.3 is 5.97 Å². The van der Waals surface area contributed by atoms with E-state index < -0.39 is 0 Å². The fraction of sp³-hybridized carbons (Fsp3) is 0.471. The summed E-state index contributed by atoms with van der Waals surface area (Å²) >= 11 is 0. The molecule has 3 rings (SSSR count). The van der Waals surface area contributed by atoms with Crippen molar-refractivity contribution in [2.24, 2.45) is 0 Å². The number of likely N-dealkylation sites (tertiary alicyclic amines) is 1. The zero-order chi connectivity index (χ0) is 16.9. The highest BCUT2D eigenvalue weighted by Crippen LogP contribution is 2.21. The number of carbonyl (C=O) groups is 2. The van der Waals surface area contributed by atoms with E-state index in [-0.39, 0.29) is 24.5 Å². The standard InChI is InChI=1S/C17H21N3O4/c1-13(21)23-11-14-4-2-3-8-20(14)17(22)16-6-5-15(24-16)10-19-9-7-18-12-19/h5-7,9,12,14H,2-4,8,10-11H2,1H3/t14-/m0/s1. The Morgan fingerprint density at radius 1 is 1.38 bits per heavy atom. The van der Waals surface area contributed by atoms with Crippen molar-refractivity contribution in [2.45, 2.75) is 38.8 Å². The number of esters is 1. The molecule has 0 saturated carbocycles. The van der Waals surface area contributed by atoms with Gasteiger partial charge in [0, 0.05) is 25.9 Å². The number of ether oxygens (including phenoxy) is 1. The topological polar surface area (TPSA) is 77.6 Å². The fourth-order valence-electron chi connectivity index (χ4n) is 2.93. The van der Waals surface area contributed by atoms with Gasteiger partial charge in [0.1, 0.15) is 12.4 Å². The van der Waals surface area contributed by atoms with Crippen molar-refractivity contribution >= 4 is 11.9 Å². The number of amides is 1. The number of furan rings is 1. The second kappa shape index (κ2) is 7.33. The minimum atomic E-state index is -0.325. The van der Waals surface area contributed by atoms with Crippen LogP contribution < -0.4 is 0 Å². The van der Waals surface area contributed by atoms with Crippen molar-refractivity contribution in [1.82, 2.24) is 14.5 Å². The third kappa shape index (κ3) is 3.84. The minimum Gasteiger partial charge on any atom is -0.464 e. The van der Waals surface area contributed by atoms with Crippen LogP contribution in [0.2, 0.25) is 0 Å². The quantitative estimate of drug-likeness (QED) is 0.784. The Kier molecular flexibility index (Phi) is 4.98. The summed E-state index contributed by atoms with van der Waals surface area (Å²) in [6.45, 7) is 2.81. The number of rotatable bonds is 5. The lowest BCUT2D eigenvalue weighted by Crippen LogP contribution is -2.46. The van der Waals surface area contributed by atoms with Gasteiger partial charge in [0.05, 0.1) is 18.9 Å². The first-order valence-electron chi connectivity index (χ1n) is 8.12. The lowest BCUT2D eigenvalue weighted by Gasteiger charge is -2.34. The highest BCUT2D eigenvalue weighted by molar-refractivity contribution is 5.91. The molecule has 24 heavy (non-hydrogen) atoms. The molecule has 0 N–H and O–H groups in total. The van der Waals surface area contributed by atoms with Crippen LogP contribution in [0, 0.1) is 0 Å². The average molecular weight is 331 g/mol. The summed E-state index contributed by atoms with van der Waals surface area (Å²) in [5, 5.41) is 0. The van der Waals surface area contributed by atoms with Crippen molar-refractivity contribution in [3.63, 3.8) is 0 Å². The van der Waals surface area contributed by atoms with E-state index >= 15 is 0 Å². The smallest absolute Gasteiger partial charge is 0.302 e. The molecular formula is C17H21N3O4. The molecule has 7 nitrogen and oxygen atoms in total. The molecule has 1 amide bonds. The molecule has 0 unspecified atom stereocenters. The van der Waals surface area contributed by atoms with Gasteiger partial charge in [0.25, 0.3) is 5.91 Å². The first kappa shape index (κ1) is 16.3. The number of carbonyl (C=O) groups excluding carboxylic acids is 2. The molecular weight excluding hydrogens is 310 g/mol. The molecule has 2 aromatic heterocycles. The summed E-state index contributed by atoms with van der Waals surface area (Å²) in [5.74, 6) is 0.544. The van der Waals surface area contributed by atoms with Crippen LogP contribution in [0.25, 0.3) is 0 Å². The van der Waals surface area contributed by atoms with E-state index in [1.807, 2.05) is 10.8 Å². The van der Waals surface area contributed by atoms with Crippen LogP contribution in [0.3, 0.4) is 0 Å². The Morgan fingerprint density at radius 2 is 2.25 bits per heavy atom. The molecule has 0 radical (unpaired) electrons. The molecule has 3 heterocycles. The number of aromatic nitrogens is 2. The van der Waals surface area contributed by atoms with E-state index in [1.54, 1.807) is 29.6 Å². The summed E-state index contributed by atoms with van der Waals surface area (Å²) in [6, 6.07) is 3.42. The van der Waals surface area contributed by atoms with Crippen LogP contribution in [-0.2, 0) is 16.1 Å². The molecule has 0 aliphatic carbocycles. The number of imidazole rings is 1. The average Bonchev–Trinajstić information content (AvgIpc) is 3.25. The molecule has 1 aliphatic rings. The Bertz CT molecular complexity index is 693. The van der Waals surface area contributed by atoms with Gasteiger partial charge in [-0.15, -0.1) is 0 Å². The Hall–Kier alpha value is -2.57. The maximum Gasteiger partial charge on any atom is 0.302 e. The van der Waals surface area contributed by atoms with Crippen LogP contribution in [-0.4, -0.2) is 45.5 Å². The first-order chi connectivity index (χ1) is 11.6. The SMILES string of the molecule is CC(=O)OC[C@@H]1CCCCN1C(=O)c1ccc(Cn2ccnc2)o1. The van der Waals surface area contributed by atoms with E-state index in [0.29, 0.717) is 24.6 Å². The molecule has 1 fully saturated rings. The van der Waals surface area contributed by atoms with Gasteiger partial charge in [0.15, 0.2) is 5.76 Å². The van der Waals surface area contributed by atoms with Gasteiger partial charge in [-0.2, -0.15) is 0 Å². The van der Waals surface area contributed by atoms with Crippen molar-refractivity contribution < 1.29 is 18.7 Å². The van der Waals surface area contributed by atoms with Gasteiger partial charge in [-0.05, 0) is 31.4 Å². The molecule has 7 heteroatoms. The molecule has 1 atom stereocenters. The largest absolute Gasteiger partial charge is 0.464 e. The zero-order valence-electron chi connectivity index (χ0n) is 13.7. The number of hydrogen-bond acceptors (Lipinski definition) is 5. The van der Waals surface area contributed by atoms with Crippen LogP contribution in [0.4, 0.5) is 0 Å². The van der Waals surface area contributed by atoms with Crippen molar-refractivity contribution in [3.8, 4) is 0 Å². The summed E-state index contributed by atoms with van der Waals surface area (Å²) in [6.07, 6.45) is 8.04. The maximum absolute atomic E-state index is 12.7. The summed E-state index contributed by atoms with van der Waals surface area (Å²) in [5.41, 5.74) is 0. The monoisotopic (exact) mass is 331 g/mol. The zero-order valence-corrected chi connectivity index (χ0v) is 13.7. The Morgan fingerprint density at radius 3 is 3.00 bits per heavy atom. The van der Waals surface area contributed by atoms with Crippen molar-refractivity contribution in [2.75, 3.05) is 13.2 Å². The van der Waals surface area contributed by atoms with Gasteiger partial charge < -0.3 is 18.6 Å². The van der Waals surface area contributed by atoms with E-state index in [1.165, 1.54) is 6.92 Å². The first-order valence-corrected chi connectivity index (χ1v) is 8.12. The summed E-state index contributed by atoms with van der Waals surface area (Å²) in [4.78, 5) is 29.5. The van der Waals surface area contributed by atoms with Crippen LogP contribution in [0.15, 0.2) is 35.3 Å². The van der Waals surface area contributed by atoms with Gasteiger partial charge in [0.2, 0.25) is 0 Å². The highest BCUT2D eigenvalue weighted by Gasteiger charge is 2.30. The minimum absolute atomic E-state index is 0.0858. The lowest BCUT2D eigenvalue weighted by atomic mass is 10.0. The van der Waals surface area contributed by atoms with E-state index in [4.69, 9.17) is 9.15 Å². The second-order valence-electron chi connectivity index (χ2n) is 5.95. The molecule has 1 aliphatic heterocycles. The molecule has 1 saturated heterocycles. The van der Waals surface area contributed by atoms with E-state index in [2.05, 4.69) is 4.98 Å². The predicted octanol–water partition coefficient (Wildman–Crippen LogP) is 2.08. The fourth-order valence-corrected chi connectivity index (χ4v) is 2.93. The summed E-state index contributed by atoms with van der Waals surface area (Å²) in [7, 11) is 0. The molecule has 0 bridgehead atoms. The molecule has 0 spiro atoms. The van der Waals surface area contributed by atoms with Crippen molar-refractivity contribution in [1.29, 1.82) is 0 Å². The number of hydrogen-bond donors (Lipinski definition) is 0. The lowest BCUT2D eigenvalue weighted by molar-refractivity contribution is -0.142. The molecule has 0 aromatic carbocycles. The Labute approximate surface area is 140 Å². The van der Waals surface area contributed by atoms with Gasteiger partial charge in [-0.3, -0.25) is 9.59 Å². The molecule has 128 valence electrons. The molecule has 2 aromatic rings. The van der Waals surface area contributed by atoms with Crippen LogP contribution in [0.1, 0.15) is 42.5 Å².